The number of para-hydroxylation sites is 2. The number of benzene rings is 3. The molecule has 0 heterocycles. The minimum atomic E-state index is -0.202. The zero-order valence-electron chi connectivity index (χ0n) is 17.0. The highest BCUT2D eigenvalue weighted by Crippen LogP contribution is 2.29. The molecule has 0 unspecified atom stereocenters. The largest absolute Gasteiger partial charge is 0.269 e. The highest BCUT2D eigenvalue weighted by atomic mass is 32.2. The summed E-state index contributed by atoms with van der Waals surface area (Å²) in [5.41, 5.74) is 2.37. The molecule has 4 nitrogen and oxygen atoms in total. The Balaban J connectivity index is 2.00. The van der Waals surface area contributed by atoms with Crippen LogP contribution >= 0.6 is 23.9 Å². The predicted octanol–water partition coefficient (Wildman–Crippen LogP) is 6.32. The average molecular weight is 437 g/mol. The van der Waals surface area contributed by atoms with Crippen LogP contribution in [0.15, 0.2) is 84.9 Å². The highest BCUT2D eigenvalue weighted by Gasteiger charge is 2.26. The van der Waals surface area contributed by atoms with Crippen LogP contribution in [-0.4, -0.2) is 23.3 Å². The molecule has 0 aliphatic carbocycles. The second-order valence-corrected chi connectivity index (χ2v) is 8.65. The van der Waals surface area contributed by atoms with E-state index in [9.17, 15) is 9.59 Å². The van der Waals surface area contributed by atoms with Crippen molar-refractivity contribution in [3.8, 4) is 0 Å². The third-order valence-corrected chi connectivity index (χ3v) is 6.04. The second-order valence-electron chi connectivity index (χ2n) is 6.25. The van der Waals surface area contributed by atoms with Gasteiger partial charge in [0.15, 0.2) is 0 Å². The molecule has 6 heteroatoms. The molecular weight excluding hydrogens is 412 g/mol. The summed E-state index contributed by atoms with van der Waals surface area (Å²) in [6.07, 6.45) is 0. The molecule has 30 heavy (non-hydrogen) atoms. The van der Waals surface area contributed by atoms with Gasteiger partial charge in [-0.15, -0.1) is 0 Å². The molecular formula is C24H24N2O2S2. The van der Waals surface area contributed by atoms with Gasteiger partial charge in [0.05, 0.1) is 22.5 Å². The standard InChI is InChI=1S/C24H24N2O2S2/c1-3-29-25(19-13-7-5-8-14-19)23(27)21-17-11-12-18-22(21)24(28)26(30-4-2)20-15-9-6-10-16-20/h5-18H,3-4H2,1-2H3. The summed E-state index contributed by atoms with van der Waals surface area (Å²) in [7, 11) is 0. The Morgan fingerprint density at radius 2 is 0.933 bits per heavy atom. The van der Waals surface area contributed by atoms with E-state index < -0.39 is 0 Å². The van der Waals surface area contributed by atoms with Gasteiger partial charge in [-0.2, -0.15) is 0 Å². The molecule has 3 rings (SSSR count). The van der Waals surface area contributed by atoms with E-state index in [1.807, 2.05) is 74.5 Å². The Morgan fingerprint density at radius 3 is 1.27 bits per heavy atom. The summed E-state index contributed by atoms with van der Waals surface area (Å²) in [5, 5.41) is 0. The van der Waals surface area contributed by atoms with Gasteiger partial charge in [-0.05, 0) is 60.3 Å². The van der Waals surface area contributed by atoms with E-state index in [1.54, 1.807) is 32.9 Å². The molecule has 0 aliphatic heterocycles. The number of carbonyl (C=O) groups excluding carboxylic acids is 2. The van der Waals surface area contributed by atoms with Crippen LogP contribution in [0.4, 0.5) is 11.4 Å². The minimum absolute atomic E-state index is 0.202. The number of nitrogens with zero attached hydrogens (tertiary/aromatic N) is 2. The summed E-state index contributed by atoms with van der Waals surface area (Å²) in [4.78, 5) is 27.0. The van der Waals surface area contributed by atoms with E-state index in [0.29, 0.717) is 11.1 Å². The Morgan fingerprint density at radius 1 is 0.600 bits per heavy atom. The smallest absolute Gasteiger partial charge is 0.268 e. The first-order chi connectivity index (χ1) is 14.7. The summed E-state index contributed by atoms with van der Waals surface area (Å²) in [6, 6.07) is 26.1. The van der Waals surface area contributed by atoms with E-state index in [0.717, 1.165) is 22.9 Å². The summed E-state index contributed by atoms with van der Waals surface area (Å²) in [5.74, 6) is 1.06. The monoisotopic (exact) mass is 436 g/mol. The fourth-order valence-corrected chi connectivity index (χ4v) is 4.45. The molecule has 0 N–H and O–H groups in total. The second kappa shape index (κ2) is 10.9. The minimum Gasteiger partial charge on any atom is -0.268 e. The average Bonchev–Trinajstić information content (AvgIpc) is 2.81. The van der Waals surface area contributed by atoms with Crippen molar-refractivity contribution in [2.75, 3.05) is 20.1 Å². The van der Waals surface area contributed by atoms with Crippen molar-refractivity contribution >= 4 is 47.1 Å². The van der Waals surface area contributed by atoms with Gasteiger partial charge in [0.1, 0.15) is 0 Å². The van der Waals surface area contributed by atoms with E-state index in [2.05, 4.69) is 0 Å². The van der Waals surface area contributed by atoms with Gasteiger partial charge in [-0.1, -0.05) is 62.4 Å². The van der Waals surface area contributed by atoms with E-state index in [1.165, 1.54) is 23.9 Å². The van der Waals surface area contributed by atoms with Crippen LogP contribution < -0.4 is 8.61 Å². The molecule has 2 amide bonds. The van der Waals surface area contributed by atoms with Crippen molar-refractivity contribution in [1.29, 1.82) is 0 Å². The van der Waals surface area contributed by atoms with Crippen LogP contribution in [0.1, 0.15) is 34.6 Å². The quantitative estimate of drug-likeness (QED) is 0.388. The normalized spacial score (nSPS) is 10.5. The number of rotatable bonds is 8. The number of hydrogen-bond donors (Lipinski definition) is 0. The molecule has 0 saturated carbocycles. The van der Waals surface area contributed by atoms with Crippen molar-refractivity contribution in [2.24, 2.45) is 0 Å². The lowest BCUT2D eigenvalue weighted by Crippen LogP contribution is -2.30. The molecule has 0 aliphatic rings. The zero-order chi connectivity index (χ0) is 21.3. The number of amides is 2. The maximum absolute atomic E-state index is 13.5. The number of anilines is 2. The van der Waals surface area contributed by atoms with Crippen LogP contribution in [0.25, 0.3) is 0 Å². The molecule has 0 saturated heterocycles. The van der Waals surface area contributed by atoms with E-state index in [4.69, 9.17) is 0 Å². The molecule has 0 radical (unpaired) electrons. The van der Waals surface area contributed by atoms with E-state index in [-0.39, 0.29) is 11.8 Å². The van der Waals surface area contributed by atoms with Crippen molar-refractivity contribution in [3.63, 3.8) is 0 Å². The molecule has 0 spiro atoms. The lowest BCUT2D eigenvalue weighted by Gasteiger charge is -2.24. The molecule has 3 aromatic rings. The maximum Gasteiger partial charge on any atom is 0.269 e. The first-order valence-corrected chi connectivity index (χ1v) is 11.7. The third-order valence-electron chi connectivity index (χ3n) is 4.25. The van der Waals surface area contributed by atoms with Crippen molar-refractivity contribution in [1.82, 2.24) is 0 Å². The molecule has 0 bridgehead atoms. The van der Waals surface area contributed by atoms with Crippen molar-refractivity contribution in [3.05, 3.63) is 96.1 Å². The first kappa shape index (κ1) is 22.0. The van der Waals surface area contributed by atoms with Crippen LogP contribution in [0.3, 0.4) is 0 Å². The molecule has 3 aromatic carbocycles. The molecule has 0 aromatic heterocycles. The Hall–Kier alpha value is -2.70. The number of hydrogen-bond acceptors (Lipinski definition) is 4. The third kappa shape index (κ3) is 5.07. The first-order valence-electron chi connectivity index (χ1n) is 9.81. The topological polar surface area (TPSA) is 40.6 Å². The van der Waals surface area contributed by atoms with Gasteiger partial charge < -0.3 is 0 Å². The Bertz CT molecular complexity index is 900. The number of carbonyl (C=O) groups is 2. The van der Waals surface area contributed by atoms with Gasteiger partial charge in [-0.3, -0.25) is 18.2 Å². The van der Waals surface area contributed by atoms with Crippen LogP contribution in [-0.2, 0) is 0 Å². The molecule has 0 atom stereocenters. The van der Waals surface area contributed by atoms with Crippen LogP contribution in [0.5, 0.6) is 0 Å². The maximum atomic E-state index is 13.5. The van der Waals surface area contributed by atoms with Crippen LogP contribution in [0.2, 0.25) is 0 Å². The molecule has 0 fully saturated rings. The summed E-state index contributed by atoms with van der Waals surface area (Å²) < 4.78 is 3.32. The van der Waals surface area contributed by atoms with Gasteiger partial charge in [0.2, 0.25) is 0 Å². The van der Waals surface area contributed by atoms with Crippen molar-refractivity contribution < 1.29 is 9.59 Å². The fourth-order valence-electron chi connectivity index (χ4n) is 2.96. The van der Waals surface area contributed by atoms with E-state index >= 15 is 0 Å². The van der Waals surface area contributed by atoms with Gasteiger partial charge in [0, 0.05) is 11.5 Å². The SMILES string of the molecule is CCSN(C(=O)c1ccccc1C(=O)N(SCC)c1ccccc1)c1ccccc1. The lowest BCUT2D eigenvalue weighted by atomic mass is 10.1. The van der Waals surface area contributed by atoms with Crippen LogP contribution in [0, 0.1) is 0 Å². The Kier molecular flexibility index (Phi) is 7.99. The lowest BCUT2D eigenvalue weighted by molar-refractivity contribution is 0.0975. The summed E-state index contributed by atoms with van der Waals surface area (Å²) >= 11 is 2.84. The molecule has 154 valence electrons. The van der Waals surface area contributed by atoms with Gasteiger partial charge >= 0.3 is 0 Å². The zero-order valence-corrected chi connectivity index (χ0v) is 18.7. The van der Waals surface area contributed by atoms with Gasteiger partial charge in [0.25, 0.3) is 11.8 Å². The predicted molar refractivity (Wildman–Crippen MR) is 129 cm³/mol. The fraction of sp³-hybridized carbons (Fsp3) is 0.167. The Labute approximate surface area is 186 Å². The van der Waals surface area contributed by atoms with Gasteiger partial charge in [-0.25, -0.2) is 0 Å². The summed E-state index contributed by atoms with van der Waals surface area (Å²) in [6.45, 7) is 4.00. The highest BCUT2D eigenvalue weighted by molar-refractivity contribution is 8.01. The van der Waals surface area contributed by atoms with Crippen molar-refractivity contribution in [2.45, 2.75) is 13.8 Å².